The Morgan fingerprint density at radius 3 is 2.58 bits per heavy atom. The second-order valence-electron chi connectivity index (χ2n) is 7.97. The summed E-state index contributed by atoms with van der Waals surface area (Å²) in [6.07, 6.45) is 4.74. The van der Waals surface area contributed by atoms with Gasteiger partial charge >= 0.3 is 0 Å². The molecule has 0 aliphatic carbocycles. The smallest absolute Gasteiger partial charge is 0.276 e. The van der Waals surface area contributed by atoms with Gasteiger partial charge in [0.1, 0.15) is 6.04 Å². The van der Waals surface area contributed by atoms with Crippen molar-refractivity contribution < 1.29 is 19.3 Å². The van der Waals surface area contributed by atoms with Crippen LogP contribution < -0.4 is 14.4 Å². The van der Waals surface area contributed by atoms with Gasteiger partial charge in [-0.05, 0) is 48.0 Å². The second-order valence-corrected chi connectivity index (χ2v) is 8.41. The SMILES string of the molecule is COc1cc2c(cc1OC)[C@H](c1cccc(Cl)c1)[NH+](C/C=C/c1ccccc1[N+](=O)[O-])CC2. The Morgan fingerprint density at radius 1 is 1.09 bits per heavy atom. The van der Waals surface area contributed by atoms with E-state index in [-0.39, 0.29) is 16.7 Å². The molecule has 170 valence electrons. The number of nitrogens with one attached hydrogen (secondary N) is 1. The summed E-state index contributed by atoms with van der Waals surface area (Å²) in [6.45, 7) is 1.61. The van der Waals surface area contributed by atoms with Crippen LogP contribution in [0.2, 0.25) is 5.02 Å². The molecule has 0 amide bonds. The lowest BCUT2D eigenvalue weighted by Gasteiger charge is -2.34. The average molecular weight is 466 g/mol. The van der Waals surface area contributed by atoms with E-state index in [0.717, 1.165) is 24.3 Å². The van der Waals surface area contributed by atoms with Gasteiger partial charge in [0.05, 0.1) is 37.8 Å². The second kappa shape index (κ2) is 10.1. The number of nitro benzene ring substituents is 1. The van der Waals surface area contributed by atoms with Gasteiger partial charge in [-0.15, -0.1) is 0 Å². The number of quaternary nitrogens is 1. The Bertz CT molecular complexity index is 1190. The van der Waals surface area contributed by atoms with E-state index in [0.29, 0.717) is 22.9 Å². The summed E-state index contributed by atoms with van der Waals surface area (Å²) in [4.78, 5) is 12.3. The molecular formula is C26H26ClN2O4+. The summed E-state index contributed by atoms with van der Waals surface area (Å²) in [6, 6.07) is 18.9. The van der Waals surface area contributed by atoms with Crippen LogP contribution in [0, 0.1) is 10.1 Å². The van der Waals surface area contributed by atoms with Gasteiger partial charge in [0.25, 0.3) is 5.69 Å². The Hall–Kier alpha value is -3.35. The highest BCUT2D eigenvalue weighted by Gasteiger charge is 2.33. The molecule has 0 saturated carbocycles. The molecule has 1 unspecified atom stereocenters. The van der Waals surface area contributed by atoms with Gasteiger partial charge in [-0.25, -0.2) is 0 Å². The summed E-state index contributed by atoms with van der Waals surface area (Å²) in [5.74, 6) is 1.42. The van der Waals surface area contributed by atoms with E-state index in [1.165, 1.54) is 22.1 Å². The Balaban J connectivity index is 1.70. The number of halogens is 1. The van der Waals surface area contributed by atoms with Gasteiger partial charge in [0, 0.05) is 28.6 Å². The summed E-state index contributed by atoms with van der Waals surface area (Å²) < 4.78 is 11.1. The van der Waals surface area contributed by atoms with Crippen LogP contribution in [0.1, 0.15) is 28.3 Å². The molecule has 3 aromatic rings. The monoisotopic (exact) mass is 465 g/mol. The molecule has 1 aliphatic heterocycles. The zero-order valence-electron chi connectivity index (χ0n) is 18.6. The zero-order valence-corrected chi connectivity index (χ0v) is 19.3. The van der Waals surface area contributed by atoms with Crippen molar-refractivity contribution in [3.8, 4) is 11.5 Å². The van der Waals surface area contributed by atoms with Crippen molar-refractivity contribution in [2.24, 2.45) is 0 Å². The highest BCUT2D eigenvalue weighted by atomic mass is 35.5. The third-order valence-corrected chi connectivity index (χ3v) is 6.31. The molecule has 1 heterocycles. The van der Waals surface area contributed by atoms with Crippen LogP contribution in [0.3, 0.4) is 0 Å². The van der Waals surface area contributed by atoms with Gasteiger partial charge in [-0.3, -0.25) is 10.1 Å². The van der Waals surface area contributed by atoms with Gasteiger partial charge in [-0.1, -0.05) is 35.9 Å². The molecule has 33 heavy (non-hydrogen) atoms. The lowest BCUT2D eigenvalue weighted by Crippen LogP contribution is -3.13. The number of methoxy groups -OCH3 is 2. The van der Waals surface area contributed by atoms with E-state index in [4.69, 9.17) is 21.1 Å². The number of nitrogens with zero attached hydrogens (tertiary/aromatic N) is 1. The van der Waals surface area contributed by atoms with Crippen molar-refractivity contribution in [3.63, 3.8) is 0 Å². The molecule has 1 aliphatic rings. The summed E-state index contributed by atoms with van der Waals surface area (Å²) in [5.41, 5.74) is 4.23. The van der Waals surface area contributed by atoms with Gasteiger partial charge in [0.2, 0.25) is 0 Å². The zero-order chi connectivity index (χ0) is 23.4. The highest BCUT2D eigenvalue weighted by Crippen LogP contribution is 2.36. The maximum absolute atomic E-state index is 11.3. The van der Waals surface area contributed by atoms with Crippen LogP contribution in [-0.2, 0) is 6.42 Å². The maximum atomic E-state index is 11.3. The molecule has 0 spiro atoms. The number of para-hydroxylation sites is 1. The first-order chi connectivity index (χ1) is 16.0. The largest absolute Gasteiger partial charge is 0.493 e. The fourth-order valence-corrected chi connectivity index (χ4v) is 4.73. The highest BCUT2D eigenvalue weighted by molar-refractivity contribution is 6.30. The molecule has 0 saturated heterocycles. The molecule has 0 fully saturated rings. The molecule has 0 bridgehead atoms. The van der Waals surface area contributed by atoms with Crippen LogP contribution in [-0.4, -0.2) is 32.2 Å². The van der Waals surface area contributed by atoms with Gasteiger partial charge in [-0.2, -0.15) is 0 Å². The Kier molecular flexibility index (Phi) is 6.96. The normalized spacial score (nSPS) is 17.5. The number of benzene rings is 3. The van der Waals surface area contributed by atoms with Crippen LogP contribution in [0.15, 0.2) is 66.7 Å². The topological polar surface area (TPSA) is 66.0 Å². The number of rotatable bonds is 7. The maximum Gasteiger partial charge on any atom is 0.276 e. The minimum atomic E-state index is -0.349. The molecule has 0 aromatic heterocycles. The molecule has 0 radical (unpaired) electrons. The molecule has 2 atom stereocenters. The summed E-state index contributed by atoms with van der Waals surface area (Å²) in [5, 5.41) is 12.0. The van der Waals surface area contributed by atoms with Crippen molar-refractivity contribution in [2.45, 2.75) is 12.5 Å². The molecule has 4 rings (SSSR count). The minimum absolute atomic E-state index is 0.0441. The van der Waals surface area contributed by atoms with E-state index in [9.17, 15) is 10.1 Å². The number of ether oxygens (including phenoxy) is 2. The van der Waals surface area contributed by atoms with Crippen molar-refractivity contribution in [1.29, 1.82) is 0 Å². The Labute approximate surface area is 198 Å². The first-order valence-electron chi connectivity index (χ1n) is 10.8. The van der Waals surface area contributed by atoms with Gasteiger partial charge in [0.15, 0.2) is 11.5 Å². The first kappa shape index (κ1) is 22.8. The fraction of sp³-hybridized carbons (Fsp3) is 0.231. The standard InChI is InChI=1S/C26H25ClN2O4/c1-32-24-16-19-12-14-28(13-6-9-18-7-3-4-11-23(18)29(30)31)26(22(19)17-25(24)33-2)20-8-5-10-21(27)15-20/h3-11,15-17,26H,12-14H2,1-2H3/p+1/b9-6+/t26-/m0/s1. The van der Waals surface area contributed by atoms with Gasteiger partial charge < -0.3 is 14.4 Å². The minimum Gasteiger partial charge on any atom is -0.493 e. The van der Waals surface area contributed by atoms with Crippen LogP contribution >= 0.6 is 11.6 Å². The number of fused-ring (bicyclic) bond motifs is 1. The fourth-order valence-electron chi connectivity index (χ4n) is 4.53. The Morgan fingerprint density at radius 2 is 1.85 bits per heavy atom. The molecule has 1 N–H and O–H groups in total. The number of nitro groups is 1. The van der Waals surface area contributed by atoms with Crippen molar-refractivity contribution in [3.05, 3.63) is 104 Å². The predicted octanol–water partition coefficient (Wildman–Crippen LogP) is 4.51. The van der Waals surface area contributed by atoms with Crippen LogP contribution in [0.4, 0.5) is 5.69 Å². The van der Waals surface area contributed by atoms with Crippen molar-refractivity contribution >= 4 is 23.4 Å². The van der Waals surface area contributed by atoms with E-state index >= 15 is 0 Å². The third kappa shape index (κ3) is 4.87. The summed E-state index contributed by atoms with van der Waals surface area (Å²) in [7, 11) is 3.29. The van der Waals surface area contributed by atoms with Crippen molar-refractivity contribution in [2.75, 3.05) is 27.3 Å². The van der Waals surface area contributed by atoms with E-state index in [1.54, 1.807) is 26.4 Å². The van der Waals surface area contributed by atoms with Crippen molar-refractivity contribution in [1.82, 2.24) is 0 Å². The predicted molar refractivity (Wildman–Crippen MR) is 129 cm³/mol. The third-order valence-electron chi connectivity index (χ3n) is 6.07. The molecule has 3 aromatic carbocycles. The molecular weight excluding hydrogens is 440 g/mol. The lowest BCUT2D eigenvalue weighted by molar-refractivity contribution is -0.922. The van der Waals surface area contributed by atoms with Crippen LogP contribution in [0.25, 0.3) is 6.08 Å². The number of hydrogen-bond acceptors (Lipinski definition) is 4. The van der Waals surface area contributed by atoms with E-state index in [1.807, 2.05) is 36.4 Å². The molecule has 6 nitrogen and oxygen atoms in total. The number of hydrogen-bond donors (Lipinski definition) is 1. The quantitative estimate of drug-likeness (QED) is 0.412. The summed E-state index contributed by atoms with van der Waals surface area (Å²) >= 11 is 6.34. The lowest BCUT2D eigenvalue weighted by atomic mass is 9.87. The van der Waals surface area contributed by atoms with E-state index < -0.39 is 0 Å². The van der Waals surface area contributed by atoms with E-state index in [2.05, 4.69) is 18.2 Å². The first-order valence-corrected chi connectivity index (χ1v) is 11.1. The molecule has 7 heteroatoms. The average Bonchev–Trinajstić information content (AvgIpc) is 2.83. The van der Waals surface area contributed by atoms with Crippen LogP contribution in [0.5, 0.6) is 11.5 Å².